The Balaban J connectivity index is 2.23. The second-order valence-corrected chi connectivity index (χ2v) is 3.28. The number of para-hydroxylation sites is 1. The maximum Gasteiger partial charge on any atom is 0.400 e. The molecule has 14 heavy (non-hydrogen) atoms. The van der Waals surface area contributed by atoms with Gasteiger partial charge in [-0.25, -0.2) is 4.39 Å². The Morgan fingerprint density at radius 2 is 2.14 bits per heavy atom. The predicted octanol–water partition coefficient (Wildman–Crippen LogP) is 3.37. The lowest BCUT2D eigenvalue weighted by Gasteiger charge is -2.00. The van der Waals surface area contributed by atoms with Crippen LogP contribution < -0.4 is 4.74 Å². The molecule has 0 bridgehead atoms. The Labute approximate surface area is 87.6 Å². The molecule has 0 radical (unpaired) electrons. The number of rotatable bonds is 2. The van der Waals surface area contributed by atoms with E-state index >= 15 is 0 Å². The minimum atomic E-state index is -0.457. The van der Waals surface area contributed by atoms with E-state index in [0.717, 1.165) is 0 Å². The first-order valence-electron chi connectivity index (χ1n) is 3.79. The van der Waals surface area contributed by atoms with Crippen molar-refractivity contribution in [2.24, 2.45) is 0 Å². The maximum absolute atomic E-state index is 13.1. The van der Waals surface area contributed by atoms with E-state index < -0.39 is 5.82 Å². The number of oxazole rings is 1. The Morgan fingerprint density at radius 3 is 2.79 bits per heavy atom. The zero-order chi connectivity index (χ0) is 9.97. The summed E-state index contributed by atoms with van der Waals surface area (Å²) < 4.78 is 23.5. The number of ether oxygens (including phenoxy) is 1. The van der Waals surface area contributed by atoms with Crippen LogP contribution in [0.4, 0.5) is 4.39 Å². The van der Waals surface area contributed by atoms with Crippen molar-refractivity contribution in [1.82, 2.24) is 4.98 Å². The molecule has 0 aliphatic carbocycles. The van der Waals surface area contributed by atoms with Crippen molar-refractivity contribution < 1.29 is 13.5 Å². The van der Waals surface area contributed by atoms with Crippen LogP contribution in [-0.2, 0) is 0 Å². The number of aromatic nitrogens is 1. The molecule has 1 aromatic carbocycles. The fraction of sp³-hybridized carbons (Fsp3) is 0. The fourth-order valence-electron chi connectivity index (χ4n) is 0.907. The van der Waals surface area contributed by atoms with Gasteiger partial charge in [-0.1, -0.05) is 12.1 Å². The second kappa shape index (κ2) is 3.79. The summed E-state index contributed by atoms with van der Waals surface area (Å²) in [6.45, 7) is 0. The smallest absolute Gasteiger partial charge is 0.400 e. The molecule has 5 heteroatoms. The minimum absolute atomic E-state index is 0.00183. The third kappa shape index (κ3) is 1.93. The third-order valence-corrected chi connectivity index (χ3v) is 1.85. The van der Waals surface area contributed by atoms with Crippen LogP contribution in [-0.4, -0.2) is 4.98 Å². The number of halogens is 2. The molecule has 0 fully saturated rings. The van der Waals surface area contributed by atoms with Gasteiger partial charge >= 0.3 is 6.08 Å². The summed E-state index contributed by atoms with van der Waals surface area (Å²) in [5.41, 5.74) is 0. The molecule has 2 rings (SSSR count). The predicted molar refractivity (Wildman–Crippen MR) is 50.7 cm³/mol. The molecule has 2 aromatic rings. The summed E-state index contributed by atoms with van der Waals surface area (Å²) in [6, 6.07) is 6.03. The first kappa shape index (κ1) is 9.21. The maximum atomic E-state index is 13.1. The highest BCUT2D eigenvalue weighted by Gasteiger charge is 2.07. The van der Waals surface area contributed by atoms with Crippen LogP contribution in [0.5, 0.6) is 11.8 Å². The number of nitrogens with zero attached hydrogens (tertiary/aromatic N) is 1. The van der Waals surface area contributed by atoms with Crippen LogP contribution >= 0.6 is 15.9 Å². The Kier molecular flexibility index (Phi) is 2.49. The lowest BCUT2D eigenvalue weighted by atomic mass is 10.3. The number of benzene rings is 1. The molecule has 0 saturated heterocycles. The van der Waals surface area contributed by atoms with Crippen molar-refractivity contribution in [3.8, 4) is 11.8 Å². The van der Waals surface area contributed by atoms with Gasteiger partial charge in [0.2, 0.25) is 0 Å². The van der Waals surface area contributed by atoms with Crippen LogP contribution in [0.15, 0.2) is 39.5 Å². The summed E-state index contributed by atoms with van der Waals surface area (Å²) >= 11 is 3.09. The Morgan fingerprint density at radius 1 is 1.36 bits per heavy atom. The van der Waals surface area contributed by atoms with Gasteiger partial charge in [-0.3, -0.25) is 0 Å². The van der Waals surface area contributed by atoms with Gasteiger partial charge < -0.3 is 9.15 Å². The molecular weight excluding hydrogens is 253 g/mol. The zero-order valence-corrected chi connectivity index (χ0v) is 8.49. The molecule has 0 saturated carbocycles. The topological polar surface area (TPSA) is 35.3 Å². The molecule has 0 spiro atoms. The van der Waals surface area contributed by atoms with E-state index in [0.29, 0.717) is 4.60 Å². The van der Waals surface area contributed by atoms with Crippen molar-refractivity contribution in [1.29, 1.82) is 0 Å². The van der Waals surface area contributed by atoms with Crippen LogP contribution in [0.1, 0.15) is 0 Å². The van der Waals surface area contributed by atoms with Gasteiger partial charge in [0.15, 0.2) is 11.6 Å². The standard InChI is InChI=1S/C9H5BrFNO2/c10-8-5-13-9(12-8)14-7-4-2-1-3-6(7)11/h1-5H. The molecule has 1 heterocycles. The number of hydrogen-bond donors (Lipinski definition) is 0. The van der Waals surface area contributed by atoms with E-state index in [4.69, 9.17) is 9.15 Å². The molecule has 1 aromatic heterocycles. The van der Waals surface area contributed by atoms with E-state index in [2.05, 4.69) is 20.9 Å². The fourth-order valence-corrected chi connectivity index (χ4v) is 1.15. The summed E-state index contributed by atoms with van der Waals surface area (Å²) in [5, 5.41) is 0. The average molecular weight is 258 g/mol. The lowest BCUT2D eigenvalue weighted by Crippen LogP contribution is -1.87. The highest BCUT2D eigenvalue weighted by Crippen LogP contribution is 2.24. The molecule has 0 amide bonds. The lowest BCUT2D eigenvalue weighted by molar-refractivity contribution is 0.318. The SMILES string of the molecule is Fc1ccccc1Oc1nc(Br)co1. The molecular formula is C9H5BrFNO2. The first-order valence-corrected chi connectivity index (χ1v) is 4.58. The quantitative estimate of drug-likeness (QED) is 0.828. The molecule has 0 atom stereocenters. The summed E-state index contributed by atoms with van der Waals surface area (Å²) in [4.78, 5) is 3.81. The summed E-state index contributed by atoms with van der Waals surface area (Å²) in [5.74, 6) is -0.372. The second-order valence-electron chi connectivity index (χ2n) is 2.47. The van der Waals surface area contributed by atoms with E-state index in [1.807, 2.05) is 0 Å². The zero-order valence-electron chi connectivity index (χ0n) is 6.91. The Hall–Kier alpha value is -1.36. The van der Waals surface area contributed by atoms with Gasteiger partial charge in [-0.2, -0.15) is 4.98 Å². The molecule has 0 aliphatic heterocycles. The molecule has 3 nitrogen and oxygen atoms in total. The van der Waals surface area contributed by atoms with Crippen LogP contribution in [0.2, 0.25) is 0 Å². The Bertz CT molecular complexity index is 444. The van der Waals surface area contributed by atoms with Gasteiger partial charge in [0.1, 0.15) is 10.9 Å². The van der Waals surface area contributed by atoms with Gasteiger partial charge in [-0.15, -0.1) is 0 Å². The van der Waals surface area contributed by atoms with Gasteiger partial charge in [0, 0.05) is 0 Å². The molecule has 0 unspecified atom stereocenters. The van der Waals surface area contributed by atoms with Crippen LogP contribution in [0.25, 0.3) is 0 Å². The van der Waals surface area contributed by atoms with Crippen LogP contribution in [0, 0.1) is 5.82 Å². The van der Waals surface area contributed by atoms with E-state index in [-0.39, 0.29) is 11.8 Å². The third-order valence-electron chi connectivity index (χ3n) is 1.49. The van der Waals surface area contributed by atoms with Gasteiger partial charge in [0.05, 0.1) is 0 Å². The first-order chi connectivity index (χ1) is 6.75. The van der Waals surface area contributed by atoms with Crippen LogP contribution in [0.3, 0.4) is 0 Å². The van der Waals surface area contributed by atoms with E-state index in [1.165, 1.54) is 18.4 Å². The van der Waals surface area contributed by atoms with Gasteiger partial charge in [0.25, 0.3) is 0 Å². The normalized spacial score (nSPS) is 10.1. The van der Waals surface area contributed by atoms with E-state index in [1.54, 1.807) is 12.1 Å². The monoisotopic (exact) mass is 257 g/mol. The number of hydrogen-bond acceptors (Lipinski definition) is 3. The van der Waals surface area contributed by atoms with Gasteiger partial charge in [-0.05, 0) is 28.1 Å². The van der Waals surface area contributed by atoms with Crippen molar-refractivity contribution in [2.75, 3.05) is 0 Å². The summed E-state index contributed by atoms with van der Waals surface area (Å²) in [6.07, 6.45) is 1.36. The summed E-state index contributed by atoms with van der Waals surface area (Å²) in [7, 11) is 0. The highest BCUT2D eigenvalue weighted by atomic mass is 79.9. The van der Waals surface area contributed by atoms with Crippen molar-refractivity contribution in [3.05, 3.63) is 40.9 Å². The molecule has 0 aliphatic rings. The molecule has 72 valence electrons. The molecule has 0 N–H and O–H groups in total. The van der Waals surface area contributed by atoms with Crippen molar-refractivity contribution in [2.45, 2.75) is 0 Å². The van der Waals surface area contributed by atoms with Crippen molar-refractivity contribution in [3.63, 3.8) is 0 Å². The van der Waals surface area contributed by atoms with E-state index in [9.17, 15) is 4.39 Å². The average Bonchev–Trinajstić information content (AvgIpc) is 2.56. The van der Waals surface area contributed by atoms with Crippen molar-refractivity contribution >= 4 is 15.9 Å². The largest absolute Gasteiger partial charge is 0.416 e. The highest BCUT2D eigenvalue weighted by molar-refractivity contribution is 9.10. The minimum Gasteiger partial charge on any atom is -0.416 e.